The predicted molar refractivity (Wildman–Crippen MR) is 74.6 cm³/mol. The molecule has 1 aromatic carbocycles. The van der Waals surface area contributed by atoms with E-state index < -0.39 is 0 Å². The molecule has 0 spiro atoms. The van der Waals surface area contributed by atoms with Gasteiger partial charge in [-0.05, 0) is 50.4 Å². The zero-order chi connectivity index (χ0) is 12.5. The first kappa shape index (κ1) is 11.5. The SMILES string of the molecule is Cc1nc2ccc(NC3CCCC3CN)cc2[nH]1. The third kappa shape index (κ3) is 2.08. The maximum atomic E-state index is 5.82. The van der Waals surface area contributed by atoms with Crippen LogP contribution in [0.2, 0.25) is 0 Å². The summed E-state index contributed by atoms with van der Waals surface area (Å²) in [7, 11) is 0. The molecule has 0 saturated heterocycles. The Balaban J connectivity index is 1.81. The van der Waals surface area contributed by atoms with Gasteiger partial charge in [0.05, 0.1) is 11.0 Å². The Hall–Kier alpha value is -1.55. The molecule has 2 unspecified atom stereocenters. The summed E-state index contributed by atoms with van der Waals surface area (Å²) in [6, 6.07) is 6.83. The zero-order valence-corrected chi connectivity index (χ0v) is 10.7. The van der Waals surface area contributed by atoms with E-state index in [1.54, 1.807) is 0 Å². The third-order valence-corrected chi connectivity index (χ3v) is 3.91. The van der Waals surface area contributed by atoms with Gasteiger partial charge in [-0.1, -0.05) is 6.42 Å². The van der Waals surface area contributed by atoms with Crippen LogP contribution < -0.4 is 11.1 Å². The fourth-order valence-corrected chi connectivity index (χ4v) is 2.95. The van der Waals surface area contributed by atoms with Crippen LogP contribution in [0, 0.1) is 12.8 Å². The van der Waals surface area contributed by atoms with Gasteiger partial charge in [0.25, 0.3) is 0 Å². The lowest BCUT2D eigenvalue weighted by molar-refractivity contribution is 0.516. The minimum Gasteiger partial charge on any atom is -0.382 e. The van der Waals surface area contributed by atoms with Crippen LogP contribution >= 0.6 is 0 Å². The van der Waals surface area contributed by atoms with Crippen LogP contribution in [-0.2, 0) is 0 Å². The molecule has 0 aliphatic heterocycles. The number of rotatable bonds is 3. The normalized spacial score (nSPS) is 23.7. The lowest BCUT2D eigenvalue weighted by Crippen LogP contribution is -2.29. The van der Waals surface area contributed by atoms with Gasteiger partial charge in [0.1, 0.15) is 5.82 Å². The van der Waals surface area contributed by atoms with E-state index in [2.05, 4.69) is 33.5 Å². The molecule has 1 fully saturated rings. The average Bonchev–Trinajstić information content (AvgIpc) is 2.93. The number of aromatic amines is 1. The molecule has 4 heteroatoms. The summed E-state index contributed by atoms with van der Waals surface area (Å²) in [6.07, 6.45) is 3.76. The maximum Gasteiger partial charge on any atom is 0.104 e. The molecular weight excluding hydrogens is 224 g/mol. The first-order valence-corrected chi connectivity index (χ1v) is 6.69. The van der Waals surface area contributed by atoms with Crippen molar-refractivity contribution in [2.45, 2.75) is 32.2 Å². The van der Waals surface area contributed by atoms with E-state index in [0.29, 0.717) is 12.0 Å². The van der Waals surface area contributed by atoms with Crippen molar-refractivity contribution in [2.24, 2.45) is 11.7 Å². The molecule has 1 aliphatic carbocycles. The number of anilines is 1. The fourth-order valence-electron chi connectivity index (χ4n) is 2.95. The van der Waals surface area contributed by atoms with Crippen molar-refractivity contribution < 1.29 is 0 Å². The summed E-state index contributed by atoms with van der Waals surface area (Å²) in [4.78, 5) is 7.69. The molecule has 0 amide bonds. The Morgan fingerprint density at radius 1 is 1.44 bits per heavy atom. The lowest BCUT2D eigenvalue weighted by atomic mass is 10.0. The van der Waals surface area contributed by atoms with Crippen LogP contribution in [0.4, 0.5) is 5.69 Å². The third-order valence-electron chi connectivity index (χ3n) is 3.91. The number of nitrogens with zero attached hydrogens (tertiary/aromatic N) is 1. The number of nitrogens with two attached hydrogens (primary N) is 1. The lowest BCUT2D eigenvalue weighted by Gasteiger charge is -2.20. The summed E-state index contributed by atoms with van der Waals surface area (Å²) in [5, 5.41) is 3.62. The Labute approximate surface area is 107 Å². The highest BCUT2D eigenvalue weighted by Gasteiger charge is 2.25. The smallest absolute Gasteiger partial charge is 0.104 e. The first-order valence-electron chi connectivity index (χ1n) is 6.69. The van der Waals surface area contributed by atoms with Crippen LogP contribution in [0.3, 0.4) is 0 Å². The predicted octanol–water partition coefficient (Wildman–Crippen LogP) is 2.41. The Morgan fingerprint density at radius 2 is 2.33 bits per heavy atom. The van der Waals surface area contributed by atoms with Gasteiger partial charge in [-0.3, -0.25) is 0 Å². The number of nitrogens with one attached hydrogen (secondary N) is 2. The van der Waals surface area contributed by atoms with Crippen molar-refractivity contribution in [3.05, 3.63) is 24.0 Å². The number of benzene rings is 1. The zero-order valence-electron chi connectivity index (χ0n) is 10.7. The van der Waals surface area contributed by atoms with Crippen LogP contribution in [0.1, 0.15) is 25.1 Å². The minimum atomic E-state index is 0.525. The molecule has 96 valence electrons. The molecule has 0 bridgehead atoms. The quantitative estimate of drug-likeness (QED) is 0.776. The van der Waals surface area contributed by atoms with Crippen LogP contribution in [0.15, 0.2) is 18.2 Å². The Bertz CT molecular complexity index is 546. The van der Waals surface area contributed by atoms with E-state index in [1.807, 2.05) is 6.92 Å². The minimum absolute atomic E-state index is 0.525. The van der Waals surface area contributed by atoms with E-state index in [-0.39, 0.29) is 0 Å². The number of aromatic nitrogens is 2. The molecule has 18 heavy (non-hydrogen) atoms. The highest BCUT2D eigenvalue weighted by Crippen LogP contribution is 2.28. The van der Waals surface area contributed by atoms with Gasteiger partial charge in [0.2, 0.25) is 0 Å². The van der Waals surface area contributed by atoms with Crippen molar-refractivity contribution in [1.29, 1.82) is 0 Å². The second-order valence-electron chi connectivity index (χ2n) is 5.23. The number of H-pyrrole nitrogens is 1. The van der Waals surface area contributed by atoms with Gasteiger partial charge in [-0.25, -0.2) is 4.98 Å². The number of imidazole rings is 1. The van der Waals surface area contributed by atoms with Crippen molar-refractivity contribution in [3.63, 3.8) is 0 Å². The van der Waals surface area contributed by atoms with Crippen LogP contribution in [0.25, 0.3) is 11.0 Å². The van der Waals surface area contributed by atoms with Crippen LogP contribution in [-0.4, -0.2) is 22.6 Å². The molecule has 1 heterocycles. The Kier molecular flexibility index (Phi) is 2.96. The van der Waals surface area contributed by atoms with Crippen molar-refractivity contribution in [1.82, 2.24) is 9.97 Å². The van der Waals surface area contributed by atoms with Crippen LogP contribution in [0.5, 0.6) is 0 Å². The fraction of sp³-hybridized carbons (Fsp3) is 0.500. The molecule has 4 N–H and O–H groups in total. The molecule has 0 radical (unpaired) electrons. The summed E-state index contributed by atoms with van der Waals surface area (Å²) in [5.74, 6) is 1.58. The molecule has 1 aliphatic rings. The maximum absolute atomic E-state index is 5.82. The van der Waals surface area contributed by atoms with Crippen molar-refractivity contribution in [3.8, 4) is 0 Å². The van der Waals surface area contributed by atoms with Gasteiger partial charge in [0.15, 0.2) is 0 Å². The van der Waals surface area contributed by atoms with Gasteiger partial charge in [-0.15, -0.1) is 0 Å². The van der Waals surface area contributed by atoms with Gasteiger partial charge in [0, 0.05) is 11.7 Å². The molecule has 2 atom stereocenters. The summed E-state index contributed by atoms with van der Waals surface area (Å²) in [5.41, 5.74) is 9.10. The van der Waals surface area contributed by atoms with Gasteiger partial charge >= 0.3 is 0 Å². The molecule has 1 aromatic heterocycles. The van der Waals surface area contributed by atoms with E-state index >= 15 is 0 Å². The summed E-state index contributed by atoms with van der Waals surface area (Å²) < 4.78 is 0. The summed E-state index contributed by atoms with van der Waals surface area (Å²) >= 11 is 0. The standard InChI is InChI=1S/C14H20N4/c1-9-16-13-6-5-11(7-14(13)17-9)18-12-4-2-3-10(12)8-15/h5-7,10,12,18H,2-4,8,15H2,1H3,(H,16,17). The van der Waals surface area contributed by atoms with Crippen molar-refractivity contribution in [2.75, 3.05) is 11.9 Å². The highest BCUT2D eigenvalue weighted by atomic mass is 15.0. The van der Waals surface area contributed by atoms with Crippen molar-refractivity contribution >= 4 is 16.7 Å². The second-order valence-corrected chi connectivity index (χ2v) is 5.23. The Morgan fingerprint density at radius 3 is 3.17 bits per heavy atom. The molecular formula is C14H20N4. The molecule has 1 saturated carbocycles. The largest absolute Gasteiger partial charge is 0.382 e. The number of hydrogen-bond donors (Lipinski definition) is 3. The number of fused-ring (bicyclic) bond motifs is 1. The molecule has 3 rings (SSSR count). The van der Waals surface area contributed by atoms with Gasteiger partial charge < -0.3 is 16.0 Å². The van der Waals surface area contributed by atoms with Gasteiger partial charge in [-0.2, -0.15) is 0 Å². The number of hydrogen-bond acceptors (Lipinski definition) is 3. The van der Waals surface area contributed by atoms with E-state index in [1.165, 1.54) is 19.3 Å². The average molecular weight is 244 g/mol. The molecule has 4 nitrogen and oxygen atoms in total. The second kappa shape index (κ2) is 4.61. The first-order chi connectivity index (χ1) is 8.76. The monoisotopic (exact) mass is 244 g/mol. The highest BCUT2D eigenvalue weighted by molar-refractivity contribution is 5.79. The van der Waals surface area contributed by atoms with E-state index in [9.17, 15) is 0 Å². The number of aryl methyl sites for hydroxylation is 1. The van der Waals surface area contributed by atoms with E-state index in [0.717, 1.165) is 29.1 Å². The topological polar surface area (TPSA) is 66.7 Å². The van der Waals surface area contributed by atoms with E-state index in [4.69, 9.17) is 5.73 Å². The summed E-state index contributed by atoms with van der Waals surface area (Å²) in [6.45, 7) is 2.76. The molecule has 2 aromatic rings.